The summed E-state index contributed by atoms with van der Waals surface area (Å²) in [5, 5.41) is 4.64. The van der Waals surface area contributed by atoms with Gasteiger partial charge < -0.3 is 5.32 Å². The van der Waals surface area contributed by atoms with E-state index >= 15 is 0 Å². The molecule has 2 aromatic carbocycles. The molecule has 0 amide bonds. The van der Waals surface area contributed by atoms with Crippen LogP contribution in [0.5, 0.6) is 0 Å². The van der Waals surface area contributed by atoms with Crippen molar-refractivity contribution in [2.75, 3.05) is 0 Å². The quantitative estimate of drug-likeness (QED) is 0.811. The van der Waals surface area contributed by atoms with Gasteiger partial charge in [0.1, 0.15) is 0 Å². The lowest BCUT2D eigenvalue weighted by atomic mass is 9.98. The Morgan fingerprint density at radius 3 is 2.76 bits per heavy atom. The normalized spacial score (nSPS) is 18.6. The summed E-state index contributed by atoms with van der Waals surface area (Å²) < 4.78 is 0. The number of nitrogens with one attached hydrogen (secondary N) is 1. The van der Waals surface area contributed by atoms with Crippen molar-refractivity contribution in [1.82, 2.24) is 5.32 Å². The van der Waals surface area contributed by atoms with E-state index in [0.717, 1.165) is 17.9 Å². The molecular weight excluding hydrogens is 278 g/mol. The minimum absolute atomic E-state index is 0.358. The molecule has 0 bridgehead atoms. The molecule has 2 atom stereocenters. The molecule has 1 aliphatic carbocycles. The monoisotopic (exact) mass is 299 g/mol. The van der Waals surface area contributed by atoms with Gasteiger partial charge in [-0.05, 0) is 68.0 Å². The molecule has 1 N–H and O–H groups in total. The van der Waals surface area contributed by atoms with Gasteiger partial charge in [0.25, 0.3) is 0 Å². The SMILES string of the molecule is Cc1ccc(C)c(C(C)NC2CCc3cc(Cl)ccc32)c1. The van der Waals surface area contributed by atoms with Crippen molar-refractivity contribution in [3.63, 3.8) is 0 Å². The van der Waals surface area contributed by atoms with Gasteiger partial charge in [0.2, 0.25) is 0 Å². The van der Waals surface area contributed by atoms with Gasteiger partial charge in [-0.3, -0.25) is 0 Å². The van der Waals surface area contributed by atoms with Gasteiger partial charge in [0.05, 0.1) is 0 Å². The second-order valence-electron chi connectivity index (χ2n) is 6.18. The number of halogens is 1. The van der Waals surface area contributed by atoms with E-state index in [2.05, 4.69) is 56.4 Å². The Hall–Kier alpha value is -1.31. The van der Waals surface area contributed by atoms with Gasteiger partial charge in [-0.25, -0.2) is 0 Å². The van der Waals surface area contributed by atoms with Crippen LogP contribution >= 0.6 is 11.6 Å². The smallest absolute Gasteiger partial charge is 0.0408 e. The van der Waals surface area contributed by atoms with Gasteiger partial charge in [0.15, 0.2) is 0 Å². The summed E-state index contributed by atoms with van der Waals surface area (Å²) in [6, 6.07) is 13.8. The van der Waals surface area contributed by atoms with Gasteiger partial charge in [-0.15, -0.1) is 0 Å². The third-order valence-corrected chi connectivity index (χ3v) is 4.77. The highest BCUT2D eigenvalue weighted by Gasteiger charge is 2.24. The van der Waals surface area contributed by atoms with E-state index in [4.69, 9.17) is 11.6 Å². The lowest BCUT2D eigenvalue weighted by Gasteiger charge is -2.22. The highest BCUT2D eigenvalue weighted by atomic mass is 35.5. The molecule has 110 valence electrons. The lowest BCUT2D eigenvalue weighted by Crippen LogP contribution is -2.23. The van der Waals surface area contributed by atoms with Crippen LogP contribution in [-0.2, 0) is 6.42 Å². The molecule has 2 unspecified atom stereocenters. The topological polar surface area (TPSA) is 12.0 Å². The number of fused-ring (bicyclic) bond motifs is 1. The molecule has 2 heteroatoms. The Labute approximate surface area is 132 Å². The summed E-state index contributed by atoms with van der Waals surface area (Å²) in [4.78, 5) is 0. The predicted octanol–water partition coefficient (Wildman–Crippen LogP) is 5.29. The number of rotatable bonds is 3. The summed E-state index contributed by atoms with van der Waals surface area (Å²) in [5.74, 6) is 0. The van der Waals surface area contributed by atoms with Crippen molar-refractivity contribution in [2.24, 2.45) is 0 Å². The zero-order valence-electron chi connectivity index (χ0n) is 12.9. The Morgan fingerprint density at radius 1 is 1.14 bits per heavy atom. The van der Waals surface area contributed by atoms with Crippen LogP contribution in [0.4, 0.5) is 0 Å². The fourth-order valence-electron chi connectivity index (χ4n) is 3.38. The second-order valence-corrected chi connectivity index (χ2v) is 6.62. The first-order valence-corrected chi connectivity index (χ1v) is 8.04. The molecule has 21 heavy (non-hydrogen) atoms. The molecular formula is C19H22ClN. The third kappa shape index (κ3) is 3.00. The fraction of sp³-hybridized carbons (Fsp3) is 0.368. The van der Waals surface area contributed by atoms with Crippen molar-refractivity contribution < 1.29 is 0 Å². The standard InChI is InChI=1S/C19H22ClN/c1-12-4-5-13(2)18(10-12)14(3)21-19-9-6-15-11-16(20)7-8-17(15)19/h4-5,7-8,10-11,14,19,21H,6,9H2,1-3H3. The van der Waals surface area contributed by atoms with Crippen LogP contribution in [0.1, 0.15) is 53.2 Å². The average molecular weight is 300 g/mol. The van der Waals surface area contributed by atoms with E-state index in [-0.39, 0.29) is 0 Å². The summed E-state index contributed by atoms with van der Waals surface area (Å²) in [6.07, 6.45) is 2.28. The molecule has 0 radical (unpaired) electrons. The van der Waals surface area contributed by atoms with E-state index in [1.807, 2.05) is 6.07 Å². The van der Waals surface area contributed by atoms with Crippen LogP contribution in [0.15, 0.2) is 36.4 Å². The maximum atomic E-state index is 6.09. The molecule has 0 aliphatic heterocycles. The second kappa shape index (κ2) is 5.82. The summed E-state index contributed by atoms with van der Waals surface area (Å²) in [5.41, 5.74) is 6.89. The van der Waals surface area contributed by atoms with Crippen LogP contribution < -0.4 is 5.32 Å². The minimum atomic E-state index is 0.358. The molecule has 1 nitrogen and oxygen atoms in total. The largest absolute Gasteiger partial charge is 0.303 e. The molecule has 0 heterocycles. The van der Waals surface area contributed by atoms with Gasteiger partial charge in [-0.2, -0.15) is 0 Å². The molecule has 1 aliphatic rings. The first-order valence-electron chi connectivity index (χ1n) is 7.66. The molecule has 0 spiro atoms. The summed E-state index contributed by atoms with van der Waals surface area (Å²) in [7, 11) is 0. The van der Waals surface area contributed by atoms with Gasteiger partial charge >= 0.3 is 0 Å². The van der Waals surface area contributed by atoms with Crippen molar-refractivity contribution in [3.05, 3.63) is 69.2 Å². The van der Waals surface area contributed by atoms with Crippen LogP contribution in [0.2, 0.25) is 5.02 Å². The van der Waals surface area contributed by atoms with Crippen molar-refractivity contribution in [3.8, 4) is 0 Å². The predicted molar refractivity (Wildman–Crippen MR) is 90.0 cm³/mol. The Bertz CT molecular complexity index is 663. The van der Waals surface area contributed by atoms with Crippen molar-refractivity contribution in [1.29, 1.82) is 0 Å². The van der Waals surface area contributed by atoms with E-state index in [0.29, 0.717) is 12.1 Å². The van der Waals surface area contributed by atoms with Crippen LogP contribution in [0, 0.1) is 13.8 Å². The molecule has 0 saturated heterocycles. The maximum Gasteiger partial charge on any atom is 0.0408 e. The number of aryl methyl sites for hydroxylation is 3. The zero-order valence-corrected chi connectivity index (χ0v) is 13.7. The maximum absolute atomic E-state index is 6.09. The third-order valence-electron chi connectivity index (χ3n) is 4.54. The Balaban J connectivity index is 1.81. The number of benzene rings is 2. The Kier molecular flexibility index (Phi) is 4.05. The van der Waals surface area contributed by atoms with Gasteiger partial charge in [0, 0.05) is 17.1 Å². The first-order chi connectivity index (χ1) is 10.0. The Morgan fingerprint density at radius 2 is 1.95 bits per heavy atom. The zero-order chi connectivity index (χ0) is 15.0. The fourth-order valence-corrected chi connectivity index (χ4v) is 3.57. The highest BCUT2D eigenvalue weighted by molar-refractivity contribution is 6.30. The van der Waals surface area contributed by atoms with Crippen LogP contribution in [-0.4, -0.2) is 0 Å². The molecule has 0 fully saturated rings. The molecule has 0 saturated carbocycles. The minimum Gasteiger partial charge on any atom is -0.303 e. The van der Waals surface area contributed by atoms with E-state index in [1.54, 1.807) is 0 Å². The van der Waals surface area contributed by atoms with Gasteiger partial charge in [-0.1, -0.05) is 41.4 Å². The van der Waals surface area contributed by atoms with E-state index in [1.165, 1.54) is 27.8 Å². The lowest BCUT2D eigenvalue weighted by molar-refractivity contribution is 0.463. The molecule has 3 rings (SSSR count). The highest BCUT2D eigenvalue weighted by Crippen LogP contribution is 2.34. The first kappa shape index (κ1) is 14.6. The van der Waals surface area contributed by atoms with Crippen molar-refractivity contribution >= 4 is 11.6 Å². The number of hydrogen-bond donors (Lipinski definition) is 1. The van der Waals surface area contributed by atoms with E-state index in [9.17, 15) is 0 Å². The summed E-state index contributed by atoms with van der Waals surface area (Å²) >= 11 is 6.09. The van der Waals surface area contributed by atoms with E-state index < -0.39 is 0 Å². The molecule has 2 aromatic rings. The average Bonchev–Trinajstić information content (AvgIpc) is 2.83. The number of hydrogen-bond acceptors (Lipinski definition) is 1. The van der Waals surface area contributed by atoms with Crippen molar-refractivity contribution in [2.45, 2.75) is 45.7 Å². The van der Waals surface area contributed by atoms with Crippen LogP contribution in [0.3, 0.4) is 0 Å². The summed E-state index contributed by atoms with van der Waals surface area (Å²) in [6.45, 7) is 6.60. The van der Waals surface area contributed by atoms with Crippen LogP contribution in [0.25, 0.3) is 0 Å². The molecule has 0 aromatic heterocycles.